The van der Waals surface area contributed by atoms with Crippen LogP contribution in [0.25, 0.3) is 0 Å². The van der Waals surface area contributed by atoms with E-state index in [1.807, 2.05) is 11.0 Å². The number of aromatic nitrogens is 2. The van der Waals surface area contributed by atoms with Gasteiger partial charge in [-0.25, -0.2) is 4.39 Å². The molecule has 10 heteroatoms. The Morgan fingerprint density at radius 1 is 1.06 bits per heavy atom. The molecule has 7 nitrogen and oxygen atoms in total. The fourth-order valence-corrected chi connectivity index (χ4v) is 5.33. The lowest BCUT2D eigenvalue weighted by atomic mass is 10.1. The predicted octanol–water partition coefficient (Wildman–Crippen LogP) is 4.68. The summed E-state index contributed by atoms with van der Waals surface area (Å²) in [4.78, 5) is 27.8. The highest BCUT2D eigenvalue weighted by atomic mass is 32.2. The Bertz CT molecular complexity index is 1210. The minimum absolute atomic E-state index is 0.0240. The normalized spacial score (nSPS) is 13.8. The van der Waals surface area contributed by atoms with Gasteiger partial charge in [-0.05, 0) is 62.2 Å². The zero-order valence-electron chi connectivity index (χ0n) is 19.3. The van der Waals surface area contributed by atoms with E-state index in [0.29, 0.717) is 42.6 Å². The van der Waals surface area contributed by atoms with E-state index in [0.717, 1.165) is 10.0 Å². The average molecular weight is 500 g/mol. The second-order valence-electron chi connectivity index (χ2n) is 8.18. The summed E-state index contributed by atoms with van der Waals surface area (Å²) >= 11 is 2.79. The number of nitrogens with zero attached hydrogens (tertiary/aromatic N) is 4. The molecule has 0 saturated carbocycles. The molecule has 0 aliphatic carbocycles. The smallest absolute Gasteiger partial charge is 0.233 e. The maximum Gasteiger partial charge on any atom is 0.233 e. The van der Waals surface area contributed by atoms with Gasteiger partial charge in [0.2, 0.25) is 11.0 Å². The monoisotopic (exact) mass is 499 g/mol. The minimum atomic E-state index is -0.412. The molecule has 1 aliphatic heterocycles. The first-order valence-corrected chi connectivity index (χ1v) is 12.7. The van der Waals surface area contributed by atoms with E-state index in [4.69, 9.17) is 0 Å². The molecular weight excluding hydrogens is 473 g/mol. The molecule has 1 N–H and O–H groups in total. The van der Waals surface area contributed by atoms with Crippen LogP contribution in [0.1, 0.15) is 28.4 Å². The number of carbonyl (C=O) groups excluding carboxylic acids is 2. The number of amides is 1. The first-order chi connectivity index (χ1) is 16.3. The van der Waals surface area contributed by atoms with Crippen molar-refractivity contribution in [2.75, 3.05) is 42.1 Å². The van der Waals surface area contributed by atoms with Crippen LogP contribution in [0.15, 0.2) is 40.7 Å². The van der Waals surface area contributed by atoms with Gasteiger partial charge in [-0.3, -0.25) is 9.59 Å². The summed E-state index contributed by atoms with van der Waals surface area (Å²) in [7, 11) is 0. The maximum atomic E-state index is 14.4. The van der Waals surface area contributed by atoms with Crippen molar-refractivity contribution in [2.24, 2.45) is 0 Å². The van der Waals surface area contributed by atoms with E-state index in [1.54, 1.807) is 17.0 Å². The lowest BCUT2D eigenvalue weighted by molar-refractivity contribution is -0.128. The van der Waals surface area contributed by atoms with Crippen LogP contribution in [0.5, 0.6) is 0 Å². The van der Waals surface area contributed by atoms with Crippen LogP contribution in [0, 0.1) is 19.7 Å². The van der Waals surface area contributed by atoms with E-state index in [-0.39, 0.29) is 17.4 Å². The van der Waals surface area contributed by atoms with Crippen molar-refractivity contribution in [1.29, 1.82) is 0 Å². The van der Waals surface area contributed by atoms with Crippen molar-refractivity contribution in [1.82, 2.24) is 15.1 Å². The van der Waals surface area contributed by atoms with E-state index >= 15 is 0 Å². The fraction of sp³-hybridized carbons (Fsp3) is 0.333. The summed E-state index contributed by atoms with van der Waals surface area (Å²) in [5, 5.41) is 12.3. The van der Waals surface area contributed by atoms with Crippen molar-refractivity contribution in [3.05, 3.63) is 58.9 Å². The number of anilines is 3. The molecule has 1 saturated heterocycles. The summed E-state index contributed by atoms with van der Waals surface area (Å²) in [5.74, 6) is -0.276. The summed E-state index contributed by atoms with van der Waals surface area (Å²) in [6, 6.07) is 10.7. The quantitative estimate of drug-likeness (QED) is 0.374. The van der Waals surface area contributed by atoms with E-state index in [1.165, 1.54) is 47.2 Å². The zero-order chi connectivity index (χ0) is 24.2. The number of rotatable bonds is 7. The molecule has 1 aliphatic rings. The molecule has 0 bridgehead atoms. The second-order valence-corrected chi connectivity index (χ2v) is 10.4. The van der Waals surface area contributed by atoms with Crippen LogP contribution >= 0.6 is 23.1 Å². The number of nitrogens with one attached hydrogen (secondary N) is 1. The number of benzene rings is 2. The Balaban J connectivity index is 1.26. The highest BCUT2D eigenvalue weighted by Crippen LogP contribution is 2.29. The van der Waals surface area contributed by atoms with Gasteiger partial charge in [-0.1, -0.05) is 29.2 Å². The summed E-state index contributed by atoms with van der Waals surface area (Å²) in [6.07, 6.45) is 0. The van der Waals surface area contributed by atoms with Gasteiger partial charge in [0.25, 0.3) is 0 Å². The lowest BCUT2D eigenvalue weighted by Crippen LogP contribution is -2.49. The van der Waals surface area contributed by atoms with E-state index < -0.39 is 5.82 Å². The Morgan fingerprint density at radius 3 is 2.50 bits per heavy atom. The van der Waals surface area contributed by atoms with Crippen LogP contribution in [-0.2, 0) is 4.79 Å². The Morgan fingerprint density at radius 2 is 1.82 bits per heavy atom. The minimum Gasteiger partial charge on any atom is -0.366 e. The Labute approximate surface area is 206 Å². The molecular formula is C24H26FN5O2S2. The van der Waals surface area contributed by atoms with Crippen molar-refractivity contribution in [3.63, 3.8) is 0 Å². The molecule has 1 fully saturated rings. The number of hydrogen-bond acceptors (Lipinski definition) is 8. The molecule has 1 aromatic heterocycles. The van der Waals surface area contributed by atoms with Gasteiger partial charge in [-0.15, -0.1) is 10.2 Å². The molecule has 4 rings (SSSR count). The first-order valence-electron chi connectivity index (χ1n) is 10.9. The Hall–Kier alpha value is -2.98. The number of carbonyl (C=O) groups is 2. The number of thioether (sulfide) groups is 1. The SMILES string of the molecule is CC(=O)c1ccc(N2CCN(C(=O)CSc3nnc(Nc4ccc(C)c(C)c4)s3)CC2)c(F)c1. The van der Waals surface area contributed by atoms with Gasteiger partial charge in [0, 0.05) is 37.4 Å². The number of aryl methyl sites for hydroxylation is 2. The van der Waals surface area contributed by atoms with Gasteiger partial charge in [-0.2, -0.15) is 0 Å². The van der Waals surface area contributed by atoms with Crippen LogP contribution in [0.2, 0.25) is 0 Å². The van der Waals surface area contributed by atoms with E-state index in [9.17, 15) is 14.0 Å². The number of ketones is 1. The third-order valence-electron chi connectivity index (χ3n) is 5.81. The highest BCUT2D eigenvalue weighted by Gasteiger charge is 2.23. The number of Topliss-reactive ketones (excluding diaryl/α,β-unsaturated/α-hetero) is 1. The largest absolute Gasteiger partial charge is 0.366 e. The summed E-state index contributed by atoms with van der Waals surface area (Å²) in [5.41, 5.74) is 4.21. The predicted molar refractivity (Wildman–Crippen MR) is 135 cm³/mol. The second kappa shape index (κ2) is 10.5. The van der Waals surface area contributed by atoms with Crippen molar-refractivity contribution < 1.29 is 14.0 Å². The van der Waals surface area contributed by atoms with E-state index in [2.05, 4.69) is 41.5 Å². The molecule has 1 amide bonds. The van der Waals surface area contributed by atoms with Crippen molar-refractivity contribution in [2.45, 2.75) is 25.1 Å². The number of halogens is 1. The fourth-order valence-electron chi connectivity index (χ4n) is 3.66. The van der Waals surface area contributed by atoms with Crippen molar-refractivity contribution in [3.8, 4) is 0 Å². The molecule has 178 valence electrons. The topological polar surface area (TPSA) is 78.4 Å². The lowest BCUT2D eigenvalue weighted by Gasteiger charge is -2.36. The van der Waals surface area contributed by atoms with Crippen LogP contribution in [0.4, 0.5) is 20.9 Å². The first kappa shape index (κ1) is 24.2. The molecule has 2 aromatic carbocycles. The third-order valence-corrected chi connectivity index (χ3v) is 7.77. The van der Waals surface area contributed by atoms with Gasteiger partial charge in [0.15, 0.2) is 10.1 Å². The van der Waals surface area contributed by atoms with Crippen LogP contribution in [-0.4, -0.2) is 58.7 Å². The molecule has 34 heavy (non-hydrogen) atoms. The van der Waals surface area contributed by atoms with Crippen LogP contribution < -0.4 is 10.2 Å². The highest BCUT2D eigenvalue weighted by molar-refractivity contribution is 8.01. The number of hydrogen-bond donors (Lipinski definition) is 1. The molecule has 0 atom stereocenters. The molecule has 0 spiro atoms. The van der Waals surface area contributed by atoms with Crippen molar-refractivity contribution >= 4 is 51.3 Å². The van der Waals surface area contributed by atoms with Gasteiger partial charge >= 0.3 is 0 Å². The average Bonchev–Trinajstić information content (AvgIpc) is 3.27. The van der Waals surface area contributed by atoms with Gasteiger partial charge in [0.1, 0.15) is 5.82 Å². The third kappa shape index (κ3) is 5.74. The summed E-state index contributed by atoms with van der Waals surface area (Å²) in [6.45, 7) is 7.66. The molecule has 0 radical (unpaired) electrons. The molecule has 2 heterocycles. The zero-order valence-corrected chi connectivity index (χ0v) is 20.9. The molecule has 3 aromatic rings. The Kier molecular flexibility index (Phi) is 7.47. The number of piperazine rings is 1. The molecule has 0 unspecified atom stereocenters. The maximum absolute atomic E-state index is 14.4. The summed E-state index contributed by atoms with van der Waals surface area (Å²) < 4.78 is 15.2. The van der Waals surface area contributed by atoms with Gasteiger partial charge < -0.3 is 15.1 Å². The van der Waals surface area contributed by atoms with Crippen LogP contribution in [0.3, 0.4) is 0 Å². The van der Waals surface area contributed by atoms with Gasteiger partial charge in [0.05, 0.1) is 11.4 Å². The standard InChI is InChI=1S/C24H26FN5O2S2/c1-15-4-6-19(12-16(15)2)26-23-27-28-24(34-23)33-14-22(32)30-10-8-29(9-11-30)21-7-5-18(17(3)31)13-20(21)25/h4-7,12-13H,8-11,14H2,1-3H3,(H,26,27).